The Balaban J connectivity index is 1.79. The van der Waals surface area contributed by atoms with Gasteiger partial charge in [0.05, 0.1) is 31.7 Å². The normalized spacial score (nSPS) is 11.0. The van der Waals surface area contributed by atoms with Crippen molar-refractivity contribution in [1.29, 1.82) is 0 Å². The Labute approximate surface area is 169 Å². The van der Waals surface area contributed by atoms with Crippen LogP contribution < -0.4 is 4.74 Å². The van der Waals surface area contributed by atoms with E-state index in [0.29, 0.717) is 13.1 Å². The van der Waals surface area contributed by atoms with Gasteiger partial charge in [0.1, 0.15) is 5.75 Å². The molecule has 7 nitrogen and oxygen atoms in total. The average molecular weight is 393 g/mol. The number of methoxy groups -OCH3 is 2. The monoisotopic (exact) mass is 393 g/mol. The molecule has 0 fully saturated rings. The smallest absolute Gasteiger partial charge is 0.309 e. The number of carbonyl (C=O) groups excluding carboxylic acids is 2. The van der Waals surface area contributed by atoms with Gasteiger partial charge in [-0.2, -0.15) is 0 Å². The number of nitrogens with one attached hydrogen (secondary N) is 1. The van der Waals surface area contributed by atoms with E-state index in [4.69, 9.17) is 4.74 Å². The highest BCUT2D eigenvalue weighted by Gasteiger charge is 2.19. The zero-order valence-electron chi connectivity index (χ0n) is 16.4. The molecule has 0 spiro atoms. The van der Waals surface area contributed by atoms with Crippen LogP contribution in [0.5, 0.6) is 5.75 Å². The van der Waals surface area contributed by atoms with Gasteiger partial charge in [0.2, 0.25) is 0 Å². The summed E-state index contributed by atoms with van der Waals surface area (Å²) in [5.41, 5.74) is 2.50. The predicted molar refractivity (Wildman–Crippen MR) is 110 cm³/mol. The molecular weight excluding hydrogens is 370 g/mol. The fourth-order valence-corrected chi connectivity index (χ4v) is 2.84. The third-order valence-corrected chi connectivity index (χ3v) is 4.42. The Morgan fingerprint density at radius 3 is 2.52 bits per heavy atom. The molecule has 0 saturated heterocycles. The van der Waals surface area contributed by atoms with Gasteiger partial charge in [0.25, 0.3) is 5.91 Å². The number of carbonyl (C=O) groups is 2. The lowest BCUT2D eigenvalue weighted by molar-refractivity contribution is -0.139. The van der Waals surface area contributed by atoms with E-state index < -0.39 is 0 Å². The first-order valence-electron chi connectivity index (χ1n) is 9.19. The highest BCUT2D eigenvalue weighted by Crippen LogP contribution is 2.16. The molecule has 0 unspecified atom stereocenters. The van der Waals surface area contributed by atoms with Gasteiger partial charge in [-0.1, -0.05) is 36.4 Å². The largest absolute Gasteiger partial charge is 0.497 e. The van der Waals surface area contributed by atoms with Crippen molar-refractivity contribution < 1.29 is 19.1 Å². The first-order valence-corrected chi connectivity index (χ1v) is 9.19. The molecule has 29 heavy (non-hydrogen) atoms. The number of esters is 1. The van der Waals surface area contributed by atoms with Gasteiger partial charge in [-0.3, -0.25) is 9.59 Å². The number of fused-ring (bicyclic) bond motifs is 1. The van der Waals surface area contributed by atoms with Crippen molar-refractivity contribution in [3.8, 4) is 5.75 Å². The second-order valence-corrected chi connectivity index (χ2v) is 6.39. The van der Waals surface area contributed by atoms with Gasteiger partial charge in [-0.15, -0.1) is 0 Å². The second kappa shape index (κ2) is 9.54. The number of aromatic nitrogens is 2. The zero-order valence-corrected chi connectivity index (χ0v) is 16.4. The Kier molecular flexibility index (Phi) is 6.63. The van der Waals surface area contributed by atoms with Gasteiger partial charge in [-0.25, -0.2) is 4.98 Å². The number of hydrogen-bond donors (Lipinski definition) is 1. The third kappa shape index (κ3) is 5.22. The van der Waals surface area contributed by atoms with Gasteiger partial charge in [-0.05, 0) is 29.8 Å². The summed E-state index contributed by atoms with van der Waals surface area (Å²) in [5.74, 6) is 0.481. The number of ether oxygens (including phenoxy) is 2. The van der Waals surface area contributed by atoms with Crippen LogP contribution >= 0.6 is 0 Å². The molecule has 3 rings (SSSR count). The SMILES string of the molecule is COC(=O)C/C=C/CN(Cc1ccc(OC)cc1)C(=O)c1nc2ccccc2[nH]1. The van der Waals surface area contributed by atoms with Crippen LogP contribution in [-0.2, 0) is 16.1 Å². The fourth-order valence-electron chi connectivity index (χ4n) is 2.84. The second-order valence-electron chi connectivity index (χ2n) is 6.39. The van der Waals surface area contributed by atoms with Crippen molar-refractivity contribution in [3.63, 3.8) is 0 Å². The number of aromatic amines is 1. The van der Waals surface area contributed by atoms with Crippen LogP contribution in [0.4, 0.5) is 0 Å². The molecule has 0 atom stereocenters. The topological polar surface area (TPSA) is 84.5 Å². The summed E-state index contributed by atoms with van der Waals surface area (Å²) in [4.78, 5) is 33.5. The minimum absolute atomic E-state index is 0.158. The fraction of sp³-hybridized carbons (Fsp3) is 0.227. The van der Waals surface area contributed by atoms with E-state index in [1.807, 2.05) is 48.5 Å². The molecule has 1 N–H and O–H groups in total. The molecule has 0 aliphatic heterocycles. The summed E-state index contributed by atoms with van der Waals surface area (Å²) < 4.78 is 9.81. The number of nitrogens with zero attached hydrogens (tertiary/aromatic N) is 2. The Morgan fingerprint density at radius 1 is 1.07 bits per heavy atom. The van der Waals surface area contributed by atoms with E-state index >= 15 is 0 Å². The Morgan fingerprint density at radius 2 is 1.83 bits per heavy atom. The van der Waals surface area contributed by atoms with E-state index in [2.05, 4.69) is 14.7 Å². The lowest BCUT2D eigenvalue weighted by atomic mass is 10.2. The van der Waals surface area contributed by atoms with Crippen LogP contribution in [0.15, 0.2) is 60.7 Å². The van der Waals surface area contributed by atoms with Crippen LogP contribution in [-0.4, -0.2) is 47.5 Å². The third-order valence-electron chi connectivity index (χ3n) is 4.42. The van der Waals surface area contributed by atoms with Crippen LogP contribution in [0.3, 0.4) is 0 Å². The number of amides is 1. The molecule has 3 aromatic rings. The highest BCUT2D eigenvalue weighted by atomic mass is 16.5. The summed E-state index contributed by atoms with van der Waals surface area (Å²) in [7, 11) is 2.95. The molecule has 2 aromatic carbocycles. The maximum Gasteiger partial charge on any atom is 0.309 e. The van der Waals surface area contributed by atoms with Crippen LogP contribution in [0.2, 0.25) is 0 Å². The standard InChI is InChI=1S/C22H23N3O4/c1-28-17-12-10-16(11-13-17)15-25(14-6-5-9-20(26)29-2)22(27)21-23-18-7-3-4-8-19(18)24-21/h3-8,10-13H,9,14-15H2,1-2H3,(H,23,24)/b6-5+. The highest BCUT2D eigenvalue weighted by molar-refractivity contribution is 5.94. The van der Waals surface area contributed by atoms with Gasteiger partial charge < -0.3 is 19.4 Å². The average Bonchev–Trinajstić information content (AvgIpc) is 3.20. The lowest BCUT2D eigenvalue weighted by Gasteiger charge is -2.20. The Bertz CT molecular complexity index is 975. The summed E-state index contributed by atoms with van der Waals surface area (Å²) in [5, 5.41) is 0. The molecule has 1 aromatic heterocycles. The van der Waals surface area contributed by atoms with E-state index in [1.165, 1.54) is 7.11 Å². The van der Waals surface area contributed by atoms with E-state index in [0.717, 1.165) is 22.3 Å². The quantitative estimate of drug-likeness (QED) is 0.469. The van der Waals surface area contributed by atoms with Crippen LogP contribution in [0, 0.1) is 0 Å². The number of benzene rings is 2. The first kappa shape index (κ1) is 20.1. The van der Waals surface area contributed by atoms with Crippen molar-refractivity contribution in [2.75, 3.05) is 20.8 Å². The Hall–Kier alpha value is -3.61. The predicted octanol–water partition coefficient (Wildman–Crippen LogP) is 3.33. The zero-order chi connectivity index (χ0) is 20.6. The van der Waals surface area contributed by atoms with Gasteiger partial charge in [0.15, 0.2) is 5.82 Å². The molecule has 1 amide bonds. The summed E-state index contributed by atoms with van der Waals surface area (Å²) >= 11 is 0. The van der Waals surface area contributed by atoms with Crippen molar-refractivity contribution in [2.24, 2.45) is 0 Å². The minimum atomic E-state index is -0.327. The molecule has 0 saturated carbocycles. The summed E-state index contributed by atoms with van der Waals surface area (Å²) in [6, 6.07) is 15.0. The van der Waals surface area contributed by atoms with Crippen molar-refractivity contribution >= 4 is 22.9 Å². The molecule has 0 radical (unpaired) electrons. The maximum absolute atomic E-state index is 13.1. The van der Waals surface area contributed by atoms with Crippen LogP contribution in [0.25, 0.3) is 11.0 Å². The van der Waals surface area contributed by atoms with Crippen molar-refractivity contribution in [2.45, 2.75) is 13.0 Å². The molecule has 1 heterocycles. The number of H-pyrrole nitrogens is 1. The van der Waals surface area contributed by atoms with E-state index in [1.54, 1.807) is 24.2 Å². The maximum atomic E-state index is 13.1. The molecule has 7 heteroatoms. The lowest BCUT2D eigenvalue weighted by Crippen LogP contribution is -2.31. The van der Waals surface area contributed by atoms with Gasteiger partial charge in [0, 0.05) is 13.1 Å². The van der Waals surface area contributed by atoms with E-state index in [-0.39, 0.29) is 24.1 Å². The summed E-state index contributed by atoms with van der Waals surface area (Å²) in [6.45, 7) is 0.724. The summed E-state index contributed by atoms with van der Waals surface area (Å²) in [6.07, 6.45) is 3.63. The van der Waals surface area contributed by atoms with Crippen molar-refractivity contribution in [3.05, 3.63) is 72.1 Å². The molecular formula is C22H23N3O4. The first-order chi connectivity index (χ1) is 14.1. The molecule has 0 bridgehead atoms. The van der Waals surface area contributed by atoms with Crippen LogP contribution in [0.1, 0.15) is 22.6 Å². The number of hydrogen-bond acceptors (Lipinski definition) is 5. The minimum Gasteiger partial charge on any atom is -0.497 e. The van der Waals surface area contributed by atoms with E-state index in [9.17, 15) is 9.59 Å². The number of rotatable bonds is 8. The van der Waals surface area contributed by atoms with Gasteiger partial charge >= 0.3 is 5.97 Å². The number of para-hydroxylation sites is 2. The molecule has 0 aliphatic rings. The molecule has 150 valence electrons. The number of imidazole rings is 1. The van der Waals surface area contributed by atoms with Crippen molar-refractivity contribution in [1.82, 2.24) is 14.9 Å². The molecule has 0 aliphatic carbocycles.